The minimum atomic E-state index is -0.470. The molecule has 1 fully saturated rings. The van der Waals surface area contributed by atoms with Gasteiger partial charge in [-0.25, -0.2) is 4.79 Å². The number of methoxy groups -OCH3 is 2. The lowest BCUT2D eigenvalue weighted by molar-refractivity contribution is -0.117. The van der Waals surface area contributed by atoms with Crippen LogP contribution in [-0.4, -0.2) is 63.7 Å². The molecule has 0 bridgehead atoms. The number of ether oxygens (including phenoxy) is 2. The van der Waals surface area contributed by atoms with Gasteiger partial charge in [0, 0.05) is 37.9 Å². The molecule has 0 saturated carbocycles. The van der Waals surface area contributed by atoms with E-state index in [1.807, 2.05) is 18.2 Å². The van der Waals surface area contributed by atoms with Crippen LogP contribution in [0.5, 0.6) is 5.75 Å². The number of amides is 1. The average molecular weight is 383 g/mol. The van der Waals surface area contributed by atoms with Gasteiger partial charge in [0.25, 0.3) is 0 Å². The Morgan fingerprint density at radius 1 is 1.00 bits per heavy atom. The van der Waals surface area contributed by atoms with Crippen molar-refractivity contribution in [2.24, 2.45) is 0 Å². The van der Waals surface area contributed by atoms with Crippen LogP contribution < -0.4 is 15.0 Å². The highest BCUT2D eigenvalue weighted by Gasteiger charge is 2.20. The molecule has 1 saturated heterocycles. The van der Waals surface area contributed by atoms with Gasteiger partial charge in [-0.3, -0.25) is 9.69 Å². The molecule has 1 heterocycles. The maximum absolute atomic E-state index is 12.4. The van der Waals surface area contributed by atoms with E-state index < -0.39 is 5.97 Å². The number of hydrogen-bond acceptors (Lipinski definition) is 6. The highest BCUT2D eigenvalue weighted by molar-refractivity contribution is 6.01. The predicted molar refractivity (Wildman–Crippen MR) is 108 cm³/mol. The second-order valence-electron chi connectivity index (χ2n) is 6.55. The molecule has 3 rings (SSSR count). The number of nitrogens with one attached hydrogen (secondary N) is 1. The van der Waals surface area contributed by atoms with E-state index in [0.29, 0.717) is 11.3 Å². The maximum atomic E-state index is 12.4. The number of carbonyl (C=O) groups is 2. The lowest BCUT2D eigenvalue weighted by atomic mass is 10.2. The van der Waals surface area contributed by atoms with Crippen LogP contribution in [0.4, 0.5) is 11.4 Å². The Bertz CT molecular complexity index is 832. The van der Waals surface area contributed by atoms with Crippen LogP contribution in [0.15, 0.2) is 48.5 Å². The molecule has 1 N–H and O–H groups in total. The Hall–Kier alpha value is -3.06. The van der Waals surface area contributed by atoms with E-state index in [1.54, 1.807) is 31.4 Å². The first-order chi connectivity index (χ1) is 13.6. The Labute approximate surface area is 164 Å². The summed E-state index contributed by atoms with van der Waals surface area (Å²) in [5.74, 6) is 0.220. The van der Waals surface area contributed by atoms with Gasteiger partial charge in [0.05, 0.1) is 32.0 Å². The first-order valence-electron chi connectivity index (χ1n) is 9.19. The number of benzene rings is 2. The van der Waals surface area contributed by atoms with Gasteiger partial charge in [-0.2, -0.15) is 0 Å². The molecule has 7 nitrogen and oxygen atoms in total. The molecule has 0 atom stereocenters. The normalized spacial score (nSPS) is 14.4. The molecule has 148 valence electrons. The summed E-state index contributed by atoms with van der Waals surface area (Å²) in [6.45, 7) is 3.51. The first-order valence-corrected chi connectivity index (χ1v) is 9.19. The SMILES string of the molecule is COC(=O)c1ccccc1NC(=O)CN1CCN(c2cccc(OC)c2)CC1. The summed E-state index contributed by atoms with van der Waals surface area (Å²) in [7, 11) is 2.98. The standard InChI is InChI=1S/C21H25N3O4/c1-27-17-7-5-6-16(14-17)24-12-10-23(11-13-24)15-20(25)22-19-9-4-3-8-18(19)21(26)28-2/h3-9,14H,10-13,15H2,1-2H3,(H,22,25). The molecule has 0 radical (unpaired) electrons. The molecule has 2 aromatic rings. The largest absolute Gasteiger partial charge is 0.497 e. The molecule has 2 aromatic carbocycles. The van der Waals surface area contributed by atoms with Gasteiger partial charge in [-0.15, -0.1) is 0 Å². The number of carbonyl (C=O) groups excluding carboxylic acids is 2. The molecule has 0 unspecified atom stereocenters. The van der Waals surface area contributed by atoms with Gasteiger partial charge in [-0.05, 0) is 24.3 Å². The van der Waals surface area contributed by atoms with Crippen LogP contribution in [0.25, 0.3) is 0 Å². The van der Waals surface area contributed by atoms with Crippen molar-refractivity contribution >= 4 is 23.3 Å². The highest BCUT2D eigenvalue weighted by Crippen LogP contribution is 2.22. The van der Waals surface area contributed by atoms with Crippen molar-refractivity contribution in [3.63, 3.8) is 0 Å². The number of piperazine rings is 1. The fourth-order valence-corrected chi connectivity index (χ4v) is 3.24. The molecule has 1 aliphatic heterocycles. The van der Waals surface area contributed by atoms with Crippen molar-refractivity contribution < 1.29 is 19.1 Å². The zero-order valence-electron chi connectivity index (χ0n) is 16.2. The summed E-state index contributed by atoms with van der Waals surface area (Å²) in [6, 6.07) is 14.8. The Morgan fingerprint density at radius 3 is 2.46 bits per heavy atom. The van der Waals surface area contributed by atoms with Crippen LogP contribution in [-0.2, 0) is 9.53 Å². The van der Waals surface area contributed by atoms with Gasteiger partial charge < -0.3 is 19.7 Å². The third kappa shape index (κ3) is 4.80. The Kier molecular flexibility index (Phi) is 6.49. The van der Waals surface area contributed by atoms with Gasteiger partial charge in [0.15, 0.2) is 0 Å². The molecule has 1 aliphatic rings. The average Bonchev–Trinajstić information content (AvgIpc) is 2.74. The summed E-state index contributed by atoms with van der Waals surface area (Å²) in [5, 5.41) is 2.82. The van der Waals surface area contributed by atoms with Crippen LogP contribution in [0.1, 0.15) is 10.4 Å². The summed E-state index contributed by atoms with van der Waals surface area (Å²) < 4.78 is 10.1. The van der Waals surface area contributed by atoms with Gasteiger partial charge in [0.1, 0.15) is 5.75 Å². The zero-order valence-corrected chi connectivity index (χ0v) is 16.2. The van der Waals surface area contributed by atoms with Crippen LogP contribution >= 0.6 is 0 Å². The molecular weight excluding hydrogens is 358 g/mol. The lowest BCUT2D eigenvalue weighted by Crippen LogP contribution is -2.48. The Balaban J connectivity index is 1.54. The Morgan fingerprint density at radius 2 is 1.75 bits per heavy atom. The summed E-state index contributed by atoms with van der Waals surface area (Å²) in [4.78, 5) is 28.7. The summed E-state index contributed by atoms with van der Waals surface area (Å²) in [5.41, 5.74) is 1.94. The van der Waals surface area contributed by atoms with Crippen LogP contribution in [0.3, 0.4) is 0 Å². The fourth-order valence-electron chi connectivity index (χ4n) is 3.24. The fraction of sp³-hybridized carbons (Fsp3) is 0.333. The van der Waals surface area contributed by atoms with E-state index in [0.717, 1.165) is 37.6 Å². The second kappa shape index (κ2) is 9.23. The predicted octanol–water partition coefficient (Wildman–Crippen LogP) is 2.24. The summed E-state index contributed by atoms with van der Waals surface area (Å²) >= 11 is 0. The molecule has 28 heavy (non-hydrogen) atoms. The van der Waals surface area contributed by atoms with Gasteiger partial charge in [0.2, 0.25) is 5.91 Å². The number of nitrogens with zero attached hydrogens (tertiary/aromatic N) is 2. The summed E-state index contributed by atoms with van der Waals surface area (Å²) in [6.07, 6.45) is 0. The van der Waals surface area contributed by atoms with E-state index in [1.165, 1.54) is 7.11 Å². The van der Waals surface area contributed by atoms with Crippen LogP contribution in [0, 0.1) is 0 Å². The minimum absolute atomic E-state index is 0.147. The van der Waals surface area contributed by atoms with Crippen molar-refractivity contribution in [2.45, 2.75) is 0 Å². The number of para-hydroxylation sites is 1. The monoisotopic (exact) mass is 383 g/mol. The van der Waals surface area contributed by atoms with E-state index in [4.69, 9.17) is 9.47 Å². The van der Waals surface area contributed by atoms with Gasteiger partial charge >= 0.3 is 5.97 Å². The van der Waals surface area contributed by atoms with Crippen molar-refractivity contribution in [1.82, 2.24) is 4.90 Å². The smallest absolute Gasteiger partial charge is 0.339 e. The topological polar surface area (TPSA) is 71.1 Å². The quantitative estimate of drug-likeness (QED) is 0.772. The minimum Gasteiger partial charge on any atom is -0.497 e. The molecule has 0 spiro atoms. The van der Waals surface area contributed by atoms with E-state index in [-0.39, 0.29) is 12.5 Å². The molecule has 7 heteroatoms. The molecule has 0 aliphatic carbocycles. The van der Waals surface area contributed by atoms with Crippen molar-refractivity contribution in [3.8, 4) is 5.75 Å². The van der Waals surface area contributed by atoms with Crippen molar-refractivity contribution in [2.75, 3.05) is 57.2 Å². The number of anilines is 2. The van der Waals surface area contributed by atoms with Crippen LogP contribution in [0.2, 0.25) is 0 Å². The highest BCUT2D eigenvalue weighted by atomic mass is 16.5. The lowest BCUT2D eigenvalue weighted by Gasteiger charge is -2.35. The van der Waals surface area contributed by atoms with Gasteiger partial charge in [-0.1, -0.05) is 18.2 Å². The van der Waals surface area contributed by atoms with E-state index in [9.17, 15) is 9.59 Å². The maximum Gasteiger partial charge on any atom is 0.339 e. The van der Waals surface area contributed by atoms with Crippen molar-refractivity contribution in [1.29, 1.82) is 0 Å². The third-order valence-electron chi connectivity index (χ3n) is 4.76. The number of hydrogen-bond donors (Lipinski definition) is 1. The first kappa shape index (κ1) is 19.7. The molecule has 0 aromatic heterocycles. The zero-order chi connectivity index (χ0) is 19.9. The van der Waals surface area contributed by atoms with E-state index >= 15 is 0 Å². The van der Waals surface area contributed by atoms with E-state index in [2.05, 4.69) is 21.2 Å². The number of rotatable bonds is 6. The molecule has 1 amide bonds. The third-order valence-corrected chi connectivity index (χ3v) is 4.76. The number of esters is 1. The van der Waals surface area contributed by atoms with Crippen molar-refractivity contribution in [3.05, 3.63) is 54.1 Å². The second-order valence-corrected chi connectivity index (χ2v) is 6.55. The molecular formula is C21H25N3O4.